The van der Waals surface area contributed by atoms with Gasteiger partial charge in [0.05, 0.1) is 48.3 Å². The Morgan fingerprint density at radius 3 is 2.28 bits per heavy atom. The Balaban J connectivity index is 0.960. The maximum absolute atomic E-state index is 14.3. The molecule has 1 aliphatic heterocycles. The van der Waals surface area contributed by atoms with E-state index in [9.17, 15) is 19.1 Å². The first-order chi connectivity index (χ1) is 29.1. The van der Waals surface area contributed by atoms with Gasteiger partial charge in [-0.1, -0.05) is 48.3 Å². The summed E-state index contributed by atoms with van der Waals surface area (Å²) in [5.41, 5.74) is 3.11. The molecule has 0 spiro atoms. The number of aliphatic hydroxyl groups is 1. The van der Waals surface area contributed by atoms with Gasteiger partial charge in [0.2, 0.25) is 17.8 Å². The monoisotopic (exact) mass is 852 g/mol. The van der Waals surface area contributed by atoms with E-state index in [2.05, 4.69) is 20.6 Å². The molecular formula is C44H43Cl2FN8O5. The first kappa shape index (κ1) is 41.1. The minimum atomic E-state index is -0.822. The van der Waals surface area contributed by atoms with Crippen LogP contribution in [0.3, 0.4) is 0 Å². The highest BCUT2D eigenvalue weighted by Crippen LogP contribution is 2.30. The molecular weight excluding hydrogens is 810 g/mol. The molecule has 1 saturated carbocycles. The van der Waals surface area contributed by atoms with Crippen LogP contribution in [-0.4, -0.2) is 72.7 Å². The third kappa shape index (κ3) is 9.37. The number of anilines is 2. The minimum Gasteiger partial charge on any atom is -0.474 e. The largest absolute Gasteiger partial charge is 0.474 e. The Morgan fingerprint density at radius 2 is 1.60 bits per heavy atom. The standard InChI is InChI=1S/C44H43Cl2FN8O5/c1-2-38(29-4-3-5-31(45)16-29)54-14-11-27(18-41(54)57)36-10-13-48-43(51-36)50-32-7-8-33(20-32)60-40-21-37(52-44(53-40)49-22-26-24-59-25-26)28-12-15-55(42(58)19-28)39(23-56)30-6-9-34(46)35(47)17-30/h3-6,9-19,21,26,32-33,38-39,56H,2,7-8,20,22-25H2,1H3,(H,48,50,51)(H,49,52,53)/t32-,33-,38+,39+/m0/s1. The molecule has 310 valence electrons. The van der Waals surface area contributed by atoms with Crippen molar-refractivity contribution in [2.45, 2.75) is 56.8 Å². The van der Waals surface area contributed by atoms with Crippen molar-refractivity contribution in [3.63, 3.8) is 0 Å². The van der Waals surface area contributed by atoms with E-state index < -0.39 is 24.0 Å². The average molecular weight is 854 g/mol. The number of rotatable bonds is 15. The van der Waals surface area contributed by atoms with Crippen molar-refractivity contribution in [1.82, 2.24) is 29.1 Å². The highest BCUT2D eigenvalue weighted by atomic mass is 35.5. The van der Waals surface area contributed by atoms with Gasteiger partial charge < -0.3 is 34.3 Å². The molecule has 13 nitrogen and oxygen atoms in total. The second-order valence-electron chi connectivity index (χ2n) is 15.0. The first-order valence-electron chi connectivity index (χ1n) is 19.9. The normalized spacial score (nSPS) is 17.5. The number of pyridine rings is 2. The van der Waals surface area contributed by atoms with Gasteiger partial charge in [0, 0.05) is 77.9 Å². The summed E-state index contributed by atoms with van der Waals surface area (Å²) in [4.78, 5) is 45.4. The summed E-state index contributed by atoms with van der Waals surface area (Å²) in [7, 11) is 0. The predicted molar refractivity (Wildman–Crippen MR) is 228 cm³/mol. The van der Waals surface area contributed by atoms with Gasteiger partial charge in [0.1, 0.15) is 11.9 Å². The molecule has 0 bridgehead atoms. The molecule has 16 heteroatoms. The summed E-state index contributed by atoms with van der Waals surface area (Å²) >= 11 is 12.1. The van der Waals surface area contributed by atoms with E-state index in [1.807, 2.05) is 37.3 Å². The van der Waals surface area contributed by atoms with E-state index in [1.54, 1.807) is 53.5 Å². The fourth-order valence-corrected chi connectivity index (χ4v) is 7.98. The van der Waals surface area contributed by atoms with Gasteiger partial charge >= 0.3 is 0 Å². The van der Waals surface area contributed by atoms with Gasteiger partial charge in [-0.3, -0.25) is 9.59 Å². The van der Waals surface area contributed by atoms with E-state index in [1.165, 1.54) is 22.8 Å². The van der Waals surface area contributed by atoms with Gasteiger partial charge in [-0.15, -0.1) is 0 Å². The second kappa shape index (κ2) is 18.3. The molecule has 2 aliphatic rings. The predicted octanol–water partition coefficient (Wildman–Crippen LogP) is 7.42. The molecule has 3 N–H and O–H groups in total. The fourth-order valence-electron chi connectivity index (χ4n) is 7.66. The summed E-state index contributed by atoms with van der Waals surface area (Å²) in [5, 5.41) is 17.5. The SMILES string of the molecule is CC[C@H](c1cccc(Cl)c1)n1ccc(-c2ccnc(N[C@H]3CC[C@H](Oc4cc(-c5ccn([C@H](CO)c6ccc(Cl)c(F)c6)c(=O)c5)nc(NCC5COC5)n4)C3)n2)cc1=O. The Hall–Kier alpha value is -5.67. The summed E-state index contributed by atoms with van der Waals surface area (Å²) in [6, 6.07) is 20.9. The number of benzene rings is 2. The molecule has 0 amide bonds. The van der Waals surface area contributed by atoms with E-state index in [0.29, 0.717) is 83.0 Å². The maximum Gasteiger partial charge on any atom is 0.251 e. The topological polar surface area (TPSA) is 158 Å². The zero-order valence-electron chi connectivity index (χ0n) is 32.7. The quantitative estimate of drug-likeness (QED) is 0.0945. The number of nitrogens with zero attached hydrogens (tertiary/aromatic N) is 6. The number of hydrogen-bond acceptors (Lipinski definition) is 11. The van der Waals surface area contributed by atoms with Crippen molar-refractivity contribution in [2.24, 2.45) is 5.92 Å². The lowest BCUT2D eigenvalue weighted by molar-refractivity contribution is -0.0249. The smallest absolute Gasteiger partial charge is 0.251 e. The van der Waals surface area contributed by atoms with Crippen LogP contribution in [-0.2, 0) is 4.74 Å². The zero-order chi connectivity index (χ0) is 41.8. The molecule has 1 saturated heterocycles. The molecule has 2 fully saturated rings. The van der Waals surface area contributed by atoms with Crippen LogP contribution in [0.2, 0.25) is 10.0 Å². The fraction of sp³-hybridized carbons (Fsp3) is 0.318. The molecule has 2 aromatic carbocycles. The van der Waals surface area contributed by atoms with E-state index in [4.69, 9.17) is 42.6 Å². The average Bonchev–Trinajstić information content (AvgIpc) is 3.66. The first-order valence-corrected chi connectivity index (χ1v) is 20.6. The number of aromatic nitrogens is 6. The third-order valence-corrected chi connectivity index (χ3v) is 11.4. The molecule has 4 aromatic heterocycles. The van der Waals surface area contributed by atoms with Crippen LogP contribution in [0, 0.1) is 11.7 Å². The number of hydrogen-bond donors (Lipinski definition) is 3. The van der Waals surface area contributed by atoms with Gasteiger partial charge in [-0.05, 0) is 72.9 Å². The lowest BCUT2D eigenvalue weighted by atomic mass is 10.0. The van der Waals surface area contributed by atoms with Crippen LogP contribution in [0.4, 0.5) is 16.3 Å². The summed E-state index contributed by atoms with van der Waals surface area (Å²) < 4.78 is 29.1. The molecule has 1 aliphatic carbocycles. The molecule has 8 rings (SSSR count). The van der Waals surface area contributed by atoms with Gasteiger partial charge in [-0.25, -0.2) is 19.3 Å². The highest BCUT2D eigenvalue weighted by molar-refractivity contribution is 6.31. The molecule has 4 atom stereocenters. The minimum absolute atomic E-state index is 0.0138. The van der Waals surface area contributed by atoms with Crippen molar-refractivity contribution < 1.29 is 19.0 Å². The van der Waals surface area contributed by atoms with E-state index in [0.717, 1.165) is 24.8 Å². The van der Waals surface area contributed by atoms with Crippen molar-refractivity contribution in [1.29, 1.82) is 0 Å². The van der Waals surface area contributed by atoms with E-state index >= 15 is 0 Å². The van der Waals surface area contributed by atoms with Crippen molar-refractivity contribution in [2.75, 3.05) is 37.0 Å². The molecule has 0 unspecified atom stereocenters. The molecule has 0 radical (unpaired) electrons. The number of nitrogens with one attached hydrogen (secondary N) is 2. The lowest BCUT2D eigenvalue weighted by Crippen LogP contribution is -2.33. The Kier molecular flexibility index (Phi) is 12.5. The highest BCUT2D eigenvalue weighted by Gasteiger charge is 2.28. The van der Waals surface area contributed by atoms with Crippen LogP contribution in [0.5, 0.6) is 5.88 Å². The number of aliphatic hydroxyl groups excluding tert-OH is 1. The molecule has 60 heavy (non-hydrogen) atoms. The lowest BCUT2D eigenvalue weighted by Gasteiger charge is -2.26. The van der Waals surface area contributed by atoms with Crippen molar-refractivity contribution in [3.8, 4) is 28.4 Å². The van der Waals surface area contributed by atoms with Crippen molar-refractivity contribution >= 4 is 35.1 Å². The Morgan fingerprint density at radius 1 is 0.867 bits per heavy atom. The van der Waals surface area contributed by atoms with Gasteiger partial charge in [0.15, 0.2) is 0 Å². The summed E-state index contributed by atoms with van der Waals surface area (Å²) in [5.74, 6) is 0.834. The van der Waals surface area contributed by atoms with Crippen LogP contribution in [0.15, 0.2) is 107 Å². The van der Waals surface area contributed by atoms with Crippen LogP contribution in [0.1, 0.15) is 55.8 Å². The summed E-state index contributed by atoms with van der Waals surface area (Å²) in [6.45, 7) is 3.51. The number of ether oxygens (including phenoxy) is 2. The Labute approximate surface area is 355 Å². The Bertz CT molecular complexity index is 2610. The van der Waals surface area contributed by atoms with Gasteiger partial charge in [0.25, 0.3) is 11.1 Å². The van der Waals surface area contributed by atoms with Gasteiger partial charge in [-0.2, -0.15) is 4.98 Å². The third-order valence-electron chi connectivity index (χ3n) is 10.9. The van der Waals surface area contributed by atoms with Crippen LogP contribution in [0.25, 0.3) is 22.5 Å². The molecule has 5 heterocycles. The van der Waals surface area contributed by atoms with Crippen molar-refractivity contribution in [3.05, 3.63) is 145 Å². The van der Waals surface area contributed by atoms with E-state index in [-0.39, 0.29) is 28.8 Å². The van der Waals surface area contributed by atoms with Crippen LogP contribution < -0.4 is 26.5 Å². The molecule has 6 aromatic rings. The maximum atomic E-state index is 14.3. The number of halogens is 3. The summed E-state index contributed by atoms with van der Waals surface area (Å²) in [6.07, 6.45) is 7.75. The second-order valence-corrected chi connectivity index (χ2v) is 15.9. The van der Waals surface area contributed by atoms with Crippen LogP contribution >= 0.6 is 23.2 Å². The zero-order valence-corrected chi connectivity index (χ0v) is 34.2.